The van der Waals surface area contributed by atoms with Crippen molar-refractivity contribution in [2.45, 2.75) is 19.5 Å². The maximum Gasteiger partial charge on any atom is 0.244 e. The highest BCUT2D eigenvalue weighted by atomic mass is 35.5. The molecular formula is C21H25Cl2N3O5S. The number of anilines is 1. The predicted molar refractivity (Wildman–Crippen MR) is 126 cm³/mol. The number of hydrogen-bond acceptors (Lipinski definition) is 5. The summed E-state index contributed by atoms with van der Waals surface area (Å²) in [6.07, 6.45) is 1.01. The Labute approximate surface area is 198 Å². The van der Waals surface area contributed by atoms with Gasteiger partial charge < -0.3 is 15.0 Å². The first-order valence-electron chi connectivity index (χ1n) is 9.54. The number of hydrogen-bond donors (Lipinski definition) is 1. The molecule has 1 N–H and O–H groups in total. The van der Waals surface area contributed by atoms with Crippen LogP contribution in [0.2, 0.25) is 10.0 Å². The molecule has 0 saturated heterocycles. The largest absolute Gasteiger partial charge is 0.497 e. The highest BCUT2D eigenvalue weighted by Crippen LogP contribution is 2.25. The number of nitrogens with one attached hydrogen (secondary N) is 1. The smallest absolute Gasteiger partial charge is 0.244 e. The van der Waals surface area contributed by atoms with E-state index in [4.69, 9.17) is 27.9 Å². The van der Waals surface area contributed by atoms with Crippen molar-refractivity contribution in [3.05, 3.63) is 58.1 Å². The van der Waals surface area contributed by atoms with Gasteiger partial charge in [0.05, 0.1) is 19.1 Å². The Morgan fingerprint density at radius 3 is 2.25 bits per heavy atom. The lowest BCUT2D eigenvalue weighted by Gasteiger charge is -2.31. The number of nitrogens with zero attached hydrogens (tertiary/aromatic N) is 2. The molecular weight excluding hydrogens is 477 g/mol. The Balaban J connectivity index is 2.39. The van der Waals surface area contributed by atoms with E-state index in [9.17, 15) is 18.0 Å². The number of ether oxygens (including phenoxy) is 1. The molecule has 2 aromatic carbocycles. The Bertz CT molecular complexity index is 1080. The fraction of sp³-hybridized carbons (Fsp3) is 0.333. The molecule has 2 amide bonds. The zero-order valence-corrected chi connectivity index (χ0v) is 20.5. The monoisotopic (exact) mass is 501 g/mol. The number of methoxy groups -OCH3 is 1. The molecule has 2 rings (SSSR count). The van der Waals surface area contributed by atoms with E-state index in [0.717, 1.165) is 10.6 Å². The molecule has 0 unspecified atom stereocenters. The summed E-state index contributed by atoms with van der Waals surface area (Å²) in [7, 11) is -0.855. The van der Waals surface area contributed by atoms with Crippen molar-refractivity contribution >= 4 is 50.7 Å². The summed E-state index contributed by atoms with van der Waals surface area (Å²) < 4.78 is 31.0. The molecule has 0 fully saturated rings. The van der Waals surface area contributed by atoms with E-state index in [-0.39, 0.29) is 6.54 Å². The van der Waals surface area contributed by atoms with Gasteiger partial charge in [-0.25, -0.2) is 8.42 Å². The lowest BCUT2D eigenvalue weighted by Crippen LogP contribution is -2.50. The van der Waals surface area contributed by atoms with E-state index in [0.29, 0.717) is 27.0 Å². The van der Waals surface area contributed by atoms with Crippen LogP contribution in [0.1, 0.15) is 12.5 Å². The molecule has 174 valence electrons. The third-order valence-corrected chi connectivity index (χ3v) is 6.54. The van der Waals surface area contributed by atoms with Crippen LogP contribution in [-0.2, 0) is 26.2 Å². The van der Waals surface area contributed by atoms with Crippen LogP contribution in [0.25, 0.3) is 0 Å². The van der Waals surface area contributed by atoms with E-state index in [1.807, 2.05) is 0 Å². The summed E-state index contributed by atoms with van der Waals surface area (Å²) >= 11 is 12.2. The van der Waals surface area contributed by atoms with Crippen molar-refractivity contribution < 1.29 is 22.7 Å². The highest BCUT2D eigenvalue weighted by Gasteiger charge is 2.30. The molecule has 32 heavy (non-hydrogen) atoms. The summed E-state index contributed by atoms with van der Waals surface area (Å²) in [5.74, 6) is -0.437. The van der Waals surface area contributed by atoms with Crippen molar-refractivity contribution in [3.8, 4) is 5.75 Å². The second-order valence-electron chi connectivity index (χ2n) is 7.02. The molecule has 0 aliphatic rings. The molecule has 0 saturated carbocycles. The molecule has 1 atom stereocenters. The number of likely N-dealkylation sites (N-methyl/N-ethyl adjacent to an activating group) is 1. The minimum Gasteiger partial charge on any atom is -0.497 e. The molecule has 0 aliphatic heterocycles. The Hall–Kier alpha value is -2.49. The molecule has 0 radical (unpaired) electrons. The van der Waals surface area contributed by atoms with Gasteiger partial charge in [0.15, 0.2) is 0 Å². The van der Waals surface area contributed by atoms with E-state index >= 15 is 0 Å². The number of rotatable bonds is 9. The third-order valence-electron chi connectivity index (χ3n) is 4.81. The van der Waals surface area contributed by atoms with Gasteiger partial charge in [-0.3, -0.25) is 13.9 Å². The lowest BCUT2D eigenvalue weighted by atomic mass is 10.1. The zero-order valence-electron chi connectivity index (χ0n) is 18.1. The molecule has 0 aromatic heterocycles. The quantitative estimate of drug-likeness (QED) is 0.569. The van der Waals surface area contributed by atoms with Crippen molar-refractivity contribution in [1.82, 2.24) is 10.2 Å². The summed E-state index contributed by atoms with van der Waals surface area (Å²) in [6.45, 7) is 1.04. The summed E-state index contributed by atoms with van der Waals surface area (Å²) in [6, 6.07) is 10.2. The molecule has 8 nitrogen and oxygen atoms in total. The SMILES string of the molecule is CNC(=O)[C@@H](C)N(Cc1ccc(Cl)cc1Cl)C(=O)CN(c1ccc(OC)cc1)S(C)(=O)=O. The van der Waals surface area contributed by atoms with Gasteiger partial charge in [0.2, 0.25) is 21.8 Å². The van der Waals surface area contributed by atoms with Crippen molar-refractivity contribution in [3.63, 3.8) is 0 Å². The molecule has 11 heteroatoms. The van der Waals surface area contributed by atoms with E-state index < -0.39 is 34.4 Å². The first-order valence-corrected chi connectivity index (χ1v) is 12.1. The van der Waals surface area contributed by atoms with Gasteiger partial charge in [-0.15, -0.1) is 0 Å². The van der Waals surface area contributed by atoms with E-state index in [2.05, 4.69) is 5.32 Å². The number of benzene rings is 2. The summed E-state index contributed by atoms with van der Waals surface area (Å²) in [5.41, 5.74) is 0.856. The van der Waals surface area contributed by atoms with Crippen molar-refractivity contribution in [1.29, 1.82) is 0 Å². The van der Waals surface area contributed by atoms with Gasteiger partial charge >= 0.3 is 0 Å². The van der Waals surface area contributed by atoms with Crippen LogP contribution in [0.4, 0.5) is 5.69 Å². The number of halogens is 2. The number of sulfonamides is 1. The van der Waals surface area contributed by atoms with Gasteiger partial charge in [-0.2, -0.15) is 0 Å². The van der Waals surface area contributed by atoms with Gasteiger partial charge in [-0.1, -0.05) is 29.3 Å². The van der Waals surface area contributed by atoms with Crippen LogP contribution >= 0.6 is 23.2 Å². The van der Waals surface area contributed by atoms with E-state index in [1.54, 1.807) is 31.2 Å². The van der Waals surface area contributed by atoms with Crippen LogP contribution < -0.4 is 14.4 Å². The zero-order chi connectivity index (χ0) is 24.1. The van der Waals surface area contributed by atoms with Gasteiger partial charge in [-0.05, 0) is 48.9 Å². The summed E-state index contributed by atoms with van der Waals surface area (Å²) in [5, 5.41) is 3.26. The minimum atomic E-state index is -3.80. The van der Waals surface area contributed by atoms with Gasteiger partial charge in [0.25, 0.3) is 0 Å². The predicted octanol–water partition coefficient (Wildman–Crippen LogP) is 2.93. The minimum absolute atomic E-state index is 0.0103. The fourth-order valence-electron chi connectivity index (χ4n) is 2.99. The molecule has 0 heterocycles. The second kappa shape index (κ2) is 10.9. The summed E-state index contributed by atoms with van der Waals surface area (Å²) in [4.78, 5) is 26.9. The number of carbonyl (C=O) groups excluding carboxylic acids is 2. The van der Waals surface area contributed by atoms with Crippen LogP contribution in [0, 0.1) is 0 Å². The van der Waals surface area contributed by atoms with Gasteiger partial charge in [0, 0.05) is 23.6 Å². The second-order valence-corrected chi connectivity index (χ2v) is 9.77. The van der Waals surface area contributed by atoms with E-state index in [1.165, 1.54) is 37.3 Å². The molecule has 0 bridgehead atoms. The fourth-order valence-corrected chi connectivity index (χ4v) is 4.31. The Morgan fingerprint density at radius 1 is 1.12 bits per heavy atom. The molecule has 0 spiro atoms. The number of carbonyl (C=O) groups is 2. The highest BCUT2D eigenvalue weighted by molar-refractivity contribution is 7.92. The number of amides is 2. The average Bonchev–Trinajstić information content (AvgIpc) is 2.75. The topological polar surface area (TPSA) is 96.0 Å². The lowest BCUT2D eigenvalue weighted by molar-refractivity contribution is -0.139. The van der Waals surface area contributed by atoms with Crippen LogP contribution in [0.5, 0.6) is 5.75 Å². The first kappa shape index (κ1) is 25.8. The maximum atomic E-state index is 13.3. The Morgan fingerprint density at radius 2 is 1.75 bits per heavy atom. The van der Waals surface area contributed by atoms with Crippen molar-refractivity contribution in [2.75, 3.05) is 31.3 Å². The van der Waals surface area contributed by atoms with Crippen LogP contribution in [0.3, 0.4) is 0 Å². The normalized spacial score (nSPS) is 12.1. The molecule has 0 aliphatic carbocycles. The molecule has 2 aromatic rings. The van der Waals surface area contributed by atoms with Gasteiger partial charge in [0.1, 0.15) is 18.3 Å². The third kappa shape index (κ3) is 6.51. The first-order chi connectivity index (χ1) is 15.0. The van der Waals surface area contributed by atoms with Crippen LogP contribution in [0.15, 0.2) is 42.5 Å². The standard InChI is InChI=1S/C21H25Cl2N3O5S/c1-14(21(28)24-2)25(12-15-5-6-16(22)11-19(15)23)20(27)13-26(32(4,29)30)17-7-9-18(31-3)10-8-17/h5-11,14H,12-13H2,1-4H3,(H,24,28)/t14-/m1/s1. The Kier molecular flexibility index (Phi) is 8.77. The van der Waals surface area contributed by atoms with Crippen LogP contribution in [-0.4, -0.2) is 58.1 Å². The average molecular weight is 502 g/mol. The maximum absolute atomic E-state index is 13.3. The van der Waals surface area contributed by atoms with Crippen molar-refractivity contribution in [2.24, 2.45) is 0 Å².